The minimum Gasteiger partial charge on any atom is -0.312 e. The van der Waals surface area contributed by atoms with Crippen molar-refractivity contribution in [3.05, 3.63) is 0 Å². The highest BCUT2D eigenvalue weighted by molar-refractivity contribution is 4.90. The molecule has 0 spiro atoms. The van der Waals surface area contributed by atoms with E-state index in [1.165, 1.54) is 58.3 Å². The highest BCUT2D eigenvalue weighted by Gasteiger charge is 2.31. The Morgan fingerprint density at radius 1 is 1.10 bits per heavy atom. The van der Waals surface area contributed by atoms with E-state index >= 15 is 0 Å². The van der Waals surface area contributed by atoms with Crippen LogP contribution in [0.1, 0.15) is 52.9 Å². The summed E-state index contributed by atoms with van der Waals surface area (Å²) in [5.41, 5.74) is 0. The second kappa shape index (κ2) is 9.75. The molecule has 0 bridgehead atoms. The van der Waals surface area contributed by atoms with Crippen LogP contribution in [-0.4, -0.2) is 62.2 Å². The predicted molar refractivity (Wildman–Crippen MR) is 89.3 cm³/mol. The molecule has 0 saturated heterocycles. The van der Waals surface area contributed by atoms with E-state index in [9.17, 15) is 0 Å². The van der Waals surface area contributed by atoms with Crippen LogP contribution in [0.2, 0.25) is 0 Å². The molecule has 3 unspecified atom stereocenters. The number of nitrogens with zero attached hydrogens (tertiary/aromatic N) is 2. The maximum Gasteiger partial charge on any atom is 0.0251 e. The molecule has 0 radical (unpaired) electrons. The number of hydrogen-bond donors (Lipinski definition) is 1. The highest BCUT2D eigenvalue weighted by atomic mass is 15.2. The van der Waals surface area contributed by atoms with Crippen LogP contribution in [0.15, 0.2) is 0 Å². The van der Waals surface area contributed by atoms with Crippen molar-refractivity contribution in [2.75, 3.05) is 40.3 Å². The van der Waals surface area contributed by atoms with Crippen molar-refractivity contribution in [3.63, 3.8) is 0 Å². The van der Waals surface area contributed by atoms with Gasteiger partial charge in [0, 0.05) is 12.1 Å². The lowest BCUT2D eigenvalue weighted by atomic mass is 9.82. The molecule has 0 aromatic carbocycles. The van der Waals surface area contributed by atoms with E-state index in [0.717, 1.165) is 12.0 Å². The summed E-state index contributed by atoms with van der Waals surface area (Å²) in [6.45, 7) is 11.8. The fourth-order valence-corrected chi connectivity index (χ4v) is 3.47. The van der Waals surface area contributed by atoms with Gasteiger partial charge in [0.15, 0.2) is 0 Å². The van der Waals surface area contributed by atoms with Gasteiger partial charge in [-0.25, -0.2) is 0 Å². The molecule has 0 amide bonds. The molecule has 0 aromatic rings. The van der Waals surface area contributed by atoms with E-state index in [2.05, 4.69) is 50.0 Å². The molecule has 1 aliphatic rings. The van der Waals surface area contributed by atoms with Crippen LogP contribution < -0.4 is 5.32 Å². The van der Waals surface area contributed by atoms with Gasteiger partial charge in [-0.05, 0) is 78.3 Å². The van der Waals surface area contributed by atoms with Gasteiger partial charge in [-0.3, -0.25) is 4.90 Å². The second-order valence-electron chi connectivity index (χ2n) is 6.83. The Hall–Kier alpha value is -0.120. The Kier molecular flexibility index (Phi) is 8.74. The lowest BCUT2D eigenvalue weighted by Crippen LogP contribution is -2.53. The third kappa shape index (κ3) is 6.11. The van der Waals surface area contributed by atoms with Crippen molar-refractivity contribution >= 4 is 0 Å². The molecule has 20 heavy (non-hydrogen) atoms. The van der Waals surface area contributed by atoms with Crippen LogP contribution in [0.25, 0.3) is 0 Å². The van der Waals surface area contributed by atoms with Gasteiger partial charge in [0.1, 0.15) is 0 Å². The Morgan fingerprint density at radius 3 is 2.45 bits per heavy atom. The first-order chi connectivity index (χ1) is 9.58. The number of rotatable bonds is 9. The van der Waals surface area contributed by atoms with Gasteiger partial charge in [-0.2, -0.15) is 0 Å². The molecule has 1 aliphatic carbocycles. The molecular weight excluding hydrogens is 246 g/mol. The zero-order chi connectivity index (χ0) is 15.0. The Bertz CT molecular complexity index is 240. The molecule has 0 aliphatic heterocycles. The Labute approximate surface area is 127 Å². The van der Waals surface area contributed by atoms with E-state index in [1.54, 1.807) is 0 Å². The molecule has 0 heterocycles. The summed E-state index contributed by atoms with van der Waals surface area (Å²) in [6.07, 6.45) is 6.65. The lowest BCUT2D eigenvalue weighted by Gasteiger charge is -2.42. The van der Waals surface area contributed by atoms with Crippen LogP contribution in [-0.2, 0) is 0 Å². The van der Waals surface area contributed by atoms with E-state index in [0.29, 0.717) is 6.04 Å². The van der Waals surface area contributed by atoms with E-state index in [1.807, 2.05) is 0 Å². The van der Waals surface area contributed by atoms with Crippen LogP contribution >= 0.6 is 0 Å². The monoisotopic (exact) mass is 283 g/mol. The van der Waals surface area contributed by atoms with Gasteiger partial charge in [-0.1, -0.05) is 20.8 Å². The minimum atomic E-state index is 0.713. The van der Waals surface area contributed by atoms with Crippen molar-refractivity contribution in [1.29, 1.82) is 0 Å². The number of likely N-dealkylation sites (N-methyl/N-ethyl adjacent to an activating group) is 1. The quantitative estimate of drug-likeness (QED) is 0.702. The molecule has 1 rings (SSSR count). The van der Waals surface area contributed by atoms with Crippen LogP contribution in [0.3, 0.4) is 0 Å². The molecule has 1 N–H and O–H groups in total. The van der Waals surface area contributed by atoms with Gasteiger partial charge < -0.3 is 10.2 Å². The Balaban J connectivity index is 2.53. The van der Waals surface area contributed by atoms with Crippen molar-refractivity contribution in [1.82, 2.24) is 15.1 Å². The summed E-state index contributed by atoms with van der Waals surface area (Å²) in [5, 5.41) is 3.80. The second-order valence-corrected chi connectivity index (χ2v) is 6.83. The van der Waals surface area contributed by atoms with Crippen LogP contribution in [0.5, 0.6) is 0 Å². The first-order valence-electron chi connectivity index (χ1n) is 8.70. The van der Waals surface area contributed by atoms with Gasteiger partial charge >= 0.3 is 0 Å². The SMILES string of the molecule is CCCNC1CCC(C)CC1N(CC)CCCN(C)C. The van der Waals surface area contributed by atoms with Crippen LogP contribution in [0, 0.1) is 5.92 Å². The van der Waals surface area contributed by atoms with Crippen molar-refractivity contribution < 1.29 is 0 Å². The maximum atomic E-state index is 3.80. The van der Waals surface area contributed by atoms with E-state index in [4.69, 9.17) is 0 Å². The molecule has 3 nitrogen and oxygen atoms in total. The Morgan fingerprint density at radius 2 is 1.85 bits per heavy atom. The maximum absolute atomic E-state index is 3.80. The largest absolute Gasteiger partial charge is 0.312 e. The van der Waals surface area contributed by atoms with Crippen molar-refractivity contribution in [2.45, 2.75) is 65.0 Å². The van der Waals surface area contributed by atoms with Gasteiger partial charge in [-0.15, -0.1) is 0 Å². The first kappa shape index (κ1) is 17.9. The fraction of sp³-hybridized carbons (Fsp3) is 1.00. The van der Waals surface area contributed by atoms with Crippen molar-refractivity contribution in [3.8, 4) is 0 Å². The highest BCUT2D eigenvalue weighted by Crippen LogP contribution is 2.28. The van der Waals surface area contributed by atoms with E-state index < -0.39 is 0 Å². The summed E-state index contributed by atoms with van der Waals surface area (Å²) in [4.78, 5) is 5.02. The normalized spacial score (nSPS) is 27.4. The first-order valence-corrected chi connectivity index (χ1v) is 8.70. The van der Waals surface area contributed by atoms with Crippen molar-refractivity contribution in [2.24, 2.45) is 5.92 Å². The summed E-state index contributed by atoms with van der Waals surface area (Å²) < 4.78 is 0. The number of hydrogen-bond acceptors (Lipinski definition) is 3. The molecule has 1 fully saturated rings. The summed E-state index contributed by atoms with van der Waals surface area (Å²) in [6, 6.07) is 1.46. The average Bonchev–Trinajstić information content (AvgIpc) is 2.42. The summed E-state index contributed by atoms with van der Waals surface area (Å²) in [5.74, 6) is 0.891. The zero-order valence-electron chi connectivity index (χ0n) is 14.5. The van der Waals surface area contributed by atoms with Crippen LogP contribution in [0.4, 0.5) is 0 Å². The smallest absolute Gasteiger partial charge is 0.0251 e. The molecule has 3 atom stereocenters. The summed E-state index contributed by atoms with van der Waals surface area (Å²) >= 11 is 0. The lowest BCUT2D eigenvalue weighted by molar-refractivity contribution is 0.102. The van der Waals surface area contributed by atoms with Gasteiger partial charge in [0.25, 0.3) is 0 Å². The van der Waals surface area contributed by atoms with Gasteiger partial charge in [0.05, 0.1) is 0 Å². The fourth-order valence-electron chi connectivity index (χ4n) is 3.47. The zero-order valence-corrected chi connectivity index (χ0v) is 14.5. The van der Waals surface area contributed by atoms with E-state index in [-0.39, 0.29) is 0 Å². The number of nitrogens with one attached hydrogen (secondary N) is 1. The topological polar surface area (TPSA) is 18.5 Å². The molecule has 0 aromatic heterocycles. The standard InChI is InChI=1S/C17H37N3/c1-6-11-18-16-10-9-15(3)14-17(16)20(7-2)13-8-12-19(4)5/h15-18H,6-14H2,1-5H3. The molecule has 3 heteroatoms. The predicted octanol–water partition coefficient (Wildman–Crippen LogP) is 2.82. The third-order valence-corrected chi connectivity index (χ3v) is 4.66. The molecular formula is C17H37N3. The van der Waals surface area contributed by atoms with Gasteiger partial charge in [0.2, 0.25) is 0 Å². The third-order valence-electron chi connectivity index (χ3n) is 4.66. The summed E-state index contributed by atoms with van der Waals surface area (Å²) in [7, 11) is 4.34. The molecule has 120 valence electrons. The average molecular weight is 284 g/mol. The minimum absolute atomic E-state index is 0.713. The molecule has 1 saturated carbocycles.